The third-order valence-electron chi connectivity index (χ3n) is 4.47. The van der Waals surface area contributed by atoms with Gasteiger partial charge in [0.15, 0.2) is 0 Å². The smallest absolute Gasteiger partial charge is 0.240 e. The number of hydrogen-bond acceptors (Lipinski definition) is 4. The van der Waals surface area contributed by atoms with Crippen LogP contribution in [0.5, 0.6) is 0 Å². The fraction of sp³-hybridized carbons (Fsp3) is 0.444. The molecule has 1 N–H and O–H groups in total. The van der Waals surface area contributed by atoms with E-state index in [-0.39, 0.29) is 6.04 Å². The number of sulfonamides is 1. The molecule has 1 aliphatic heterocycles. The fourth-order valence-electron chi connectivity index (χ4n) is 3.17. The number of nitrogens with one attached hydrogen (secondary N) is 1. The highest BCUT2D eigenvalue weighted by molar-refractivity contribution is 7.89. The zero-order chi connectivity index (χ0) is 16.8. The van der Waals surface area contributed by atoms with Gasteiger partial charge in [0.2, 0.25) is 10.0 Å². The Balaban J connectivity index is 1.75. The molecule has 1 unspecified atom stereocenters. The fourth-order valence-corrected chi connectivity index (χ4v) is 4.23. The van der Waals surface area contributed by atoms with Gasteiger partial charge >= 0.3 is 0 Å². The molecule has 1 aliphatic rings. The van der Waals surface area contributed by atoms with Crippen LogP contribution in [0.2, 0.25) is 0 Å². The van der Waals surface area contributed by atoms with E-state index in [0.717, 1.165) is 31.7 Å². The maximum atomic E-state index is 12.5. The second-order valence-corrected chi connectivity index (χ2v) is 7.91. The molecule has 0 saturated carbocycles. The summed E-state index contributed by atoms with van der Waals surface area (Å²) >= 11 is 0. The van der Waals surface area contributed by atoms with Gasteiger partial charge in [-0.3, -0.25) is 4.90 Å². The Kier molecular flexibility index (Phi) is 5.71. The minimum atomic E-state index is -3.51. The van der Waals surface area contributed by atoms with E-state index < -0.39 is 10.0 Å². The first-order valence-electron chi connectivity index (χ1n) is 8.49. The molecular weight excluding hydrogens is 324 g/mol. The second kappa shape index (κ2) is 7.96. The maximum absolute atomic E-state index is 12.5. The van der Waals surface area contributed by atoms with Crippen molar-refractivity contribution in [2.75, 3.05) is 19.6 Å². The predicted octanol–water partition coefficient (Wildman–Crippen LogP) is 3.18. The van der Waals surface area contributed by atoms with E-state index in [4.69, 9.17) is 4.42 Å². The summed E-state index contributed by atoms with van der Waals surface area (Å²) in [5.41, 5.74) is 0. The second-order valence-electron chi connectivity index (χ2n) is 6.15. The van der Waals surface area contributed by atoms with Crippen molar-refractivity contribution in [3.63, 3.8) is 0 Å². The minimum Gasteiger partial charge on any atom is -0.468 e. The summed E-state index contributed by atoms with van der Waals surface area (Å²) in [5.74, 6) is 0.813. The Labute approximate surface area is 143 Å². The molecule has 130 valence electrons. The van der Waals surface area contributed by atoms with Crippen molar-refractivity contribution >= 4 is 10.0 Å². The van der Waals surface area contributed by atoms with Gasteiger partial charge in [-0.2, -0.15) is 0 Å². The van der Waals surface area contributed by atoms with Gasteiger partial charge in [-0.05, 0) is 50.2 Å². The standard InChI is InChI=1S/C18H24N2O3S/c21-24(22,16-9-4-3-5-10-16)19-15-17(18-11-8-14-23-18)20-12-6-1-2-7-13-20/h3-5,8-11,14,17,19H,1-2,6-7,12-13,15H2. The lowest BCUT2D eigenvalue weighted by Gasteiger charge is -2.29. The normalized spacial score (nSPS) is 18.2. The van der Waals surface area contributed by atoms with E-state index >= 15 is 0 Å². The first-order chi connectivity index (χ1) is 11.7. The topological polar surface area (TPSA) is 62.6 Å². The molecule has 0 bridgehead atoms. The van der Waals surface area contributed by atoms with Gasteiger partial charge in [0.05, 0.1) is 17.2 Å². The maximum Gasteiger partial charge on any atom is 0.240 e. The first-order valence-corrected chi connectivity index (χ1v) is 9.97. The monoisotopic (exact) mass is 348 g/mol. The van der Waals surface area contributed by atoms with E-state index in [0.29, 0.717) is 11.4 Å². The summed E-state index contributed by atoms with van der Waals surface area (Å²) < 4.78 is 33.3. The SMILES string of the molecule is O=S(=O)(NCC(c1ccco1)N1CCCCCC1)c1ccccc1. The molecule has 0 amide bonds. The molecule has 2 aromatic rings. The highest BCUT2D eigenvalue weighted by Gasteiger charge is 2.26. The Morgan fingerprint density at radius 1 is 1.00 bits per heavy atom. The van der Waals surface area contributed by atoms with Crippen molar-refractivity contribution in [1.29, 1.82) is 0 Å². The average Bonchev–Trinajstić information content (AvgIpc) is 2.99. The molecule has 0 spiro atoms. The van der Waals surface area contributed by atoms with Crippen molar-refractivity contribution in [1.82, 2.24) is 9.62 Å². The number of nitrogens with zero attached hydrogens (tertiary/aromatic N) is 1. The number of hydrogen-bond donors (Lipinski definition) is 1. The van der Waals surface area contributed by atoms with Crippen LogP contribution in [0.25, 0.3) is 0 Å². The molecule has 0 aliphatic carbocycles. The van der Waals surface area contributed by atoms with Crippen LogP contribution in [0.1, 0.15) is 37.5 Å². The van der Waals surface area contributed by atoms with Gasteiger partial charge < -0.3 is 4.42 Å². The molecule has 24 heavy (non-hydrogen) atoms. The summed E-state index contributed by atoms with van der Waals surface area (Å²) in [6.07, 6.45) is 6.39. The van der Waals surface area contributed by atoms with Gasteiger partial charge in [-0.1, -0.05) is 31.0 Å². The van der Waals surface area contributed by atoms with Crippen LogP contribution < -0.4 is 4.72 Å². The third kappa shape index (κ3) is 4.26. The first kappa shape index (κ1) is 17.2. The van der Waals surface area contributed by atoms with Crippen LogP contribution in [0, 0.1) is 0 Å². The Bertz CT molecular complexity index is 706. The van der Waals surface area contributed by atoms with Crippen LogP contribution >= 0.6 is 0 Å². The van der Waals surface area contributed by atoms with E-state index in [1.54, 1.807) is 30.5 Å². The lowest BCUT2D eigenvalue weighted by Crippen LogP contribution is -2.38. The zero-order valence-corrected chi connectivity index (χ0v) is 14.5. The van der Waals surface area contributed by atoms with E-state index in [1.165, 1.54) is 12.8 Å². The predicted molar refractivity (Wildman–Crippen MR) is 93.1 cm³/mol. The molecular formula is C18H24N2O3S. The Morgan fingerprint density at radius 2 is 1.71 bits per heavy atom. The molecule has 0 radical (unpaired) electrons. The van der Waals surface area contributed by atoms with Gasteiger partial charge in [0.25, 0.3) is 0 Å². The molecule has 3 rings (SSSR count). The number of benzene rings is 1. The van der Waals surface area contributed by atoms with Gasteiger partial charge in [0.1, 0.15) is 5.76 Å². The van der Waals surface area contributed by atoms with E-state index in [9.17, 15) is 8.42 Å². The van der Waals surface area contributed by atoms with Crippen molar-refractivity contribution in [2.24, 2.45) is 0 Å². The van der Waals surface area contributed by atoms with Crippen molar-refractivity contribution in [2.45, 2.75) is 36.6 Å². The van der Waals surface area contributed by atoms with Gasteiger partial charge in [-0.25, -0.2) is 13.1 Å². The minimum absolute atomic E-state index is 0.0726. The van der Waals surface area contributed by atoms with Crippen LogP contribution in [-0.4, -0.2) is 33.0 Å². The number of likely N-dealkylation sites (tertiary alicyclic amines) is 1. The van der Waals surface area contributed by atoms with Gasteiger partial charge in [0, 0.05) is 6.54 Å². The van der Waals surface area contributed by atoms with Crippen LogP contribution in [0.15, 0.2) is 58.0 Å². The summed E-state index contributed by atoms with van der Waals surface area (Å²) in [6, 6.07) is 12.2. The average molecular weight is 348 g/mol. The van der Waals surface area contributed by atoms with Crippen molar-refractivity contribution < 1.29 is 12.8 Å². The highest BCUT2D eigenvalue weighted by Crippen LogP contribution is 2.24. The largest absolute Gasteiger partial charge is 0.468 e. The molecule has 5 nitrogen and oxygen atoms in total. The number of rotatable bonds is 6. The molecule has 1 aromatic heterocycles. The van der Waals surface area contributed by atoms with Crippen molar-refractivity contribution in [3.8, 4) is 0 Å². The molecule has 1 aromatic carbocycles. The molecule has 6 heteroatoms. The van der Waals surface area contributed by atoms with E-state index in [2.05, 4.69) is 9.62 Å². The Hall–Kier alpha value is -1.63. The number of furan rings is 1. The summed E-state index contributed by atoms with van der Waals surface area (Å²) in [4.78, 5) is 2.62. The third-order valence-corrected chi connectivity index (χ3v) is 5.91. The van der Waals surface area contributed by atoms with Crippen LogP contribution in [0.3, 0.4) is 0 Å². The molecule has 1 fully saturated rings. The van der Waals surface area contributed by atoms with Crippen molar-refractivity contribution in [3.05, 3.63) is 54.5 Å². The zero-order valence-electron chi connectivity index (χ0n) is 13.7. The lowest BCUT2D eigenvalue weighted by molar-refractivity contribution is 0.182. The van der Waals surface area contributed by atoms with Crippen LogP contribution in [-0.2, 0) is 10.0 Å². The molecule has 1 saturated heterocycles. The molecule has 1 atom stereocenters. The molecule has 2 heterocycles. The summed E-state index contributed by atoms with van der Waals surface area (Å²) in [5, 5.41) is 0. The Morgan fingerprint density at radius 3 is 2.33 bits per heavy atom. The summed E-state index contributed by atoms with van der Waals surface area (Å²) in [6.45, 7) is 2.25. The summed E-state index contributed by atoms with van der Waals surface area (Å²) in [7, 11) is -3.51. The van der Waals surface area contributed by atoms with Crippen LogP contribution in [0.4, 0.5) is 0 Å². The highest BCUT2D eigenvalue weighted by atomic mass is 32.2. The lowest BCUT2D eigenvalue weighted by atomic mass is 10.2. The van der Waals surface area contributed by atoms with Gasteiger partial charge in [-0.15, -0.1) is 0 Å². The quantitative estimate of drug-likeness (QED) is 0.871. The van der Waals surface area contributed by atoms with E-state index in [1.807, 2.05) is 18.2 Å².